The third-order valence-electron chi connectivity index (χ3n) is 3.64. The molecule has 0 bridgehead atoms. The average molecular weight is 278 g/mol. The lowest BCUT2D eigenvalue weighted by molar-refractivity contribution is 0.0526. The Morgan fingerprint density at radius 3 is 2.95 bits per heavy atom. The van der Waals surface area contributed by atoms with Crippen LogP contribution in [0.15, 0.2) is 18.3 Å². The van der Waals surface area contributed by atoms with Gasteiger partial charge in [-0.05, 0) is 31.9 Å². The fourth-order valence-corrected chi connectivity index (χ4v) is 2.56. The Morgan fingerprint density at radius 2 is 2.30 bits per heavy atom. The molecule has 110 valence electrons. The van der Waals surface area contributed by atoms with Crippen molar-refractivity contribution in [2.45, 2.75) is 38.6 Å². The first-order chi connectivity index (χ1) is 9.76. The summed E-state index contributed by atoms with van der Waals surface area (Å²) in [5, 5.41) is 9.52. The second-order valence-electron chi connectivity index (χ2n) is 5.00. The maximum absolute atomic E-state index is 11.6. The second-order valence-corrected chi connectivity index (χ2v) is 5.00. The summed E-state index contributed by atoms with van der Waals surface area (Å²) in [7, 11) is 0. The Bertz CT molecular complexity index is 433. The van der Waals surface area contributed by atoms with Crippen molar-refractivity contribution in [3.63, 3.8) is 0 Å². The molecular formula is C15H22N2O3. The van der Waals surface area contributed by atoms with E-state index < -0.39 is 0 Å². The summed E-state index contributed by atoms with van der Waals surface area (Å²) in [6.07, 6.45) is 5.97. The third kappa shape index (κ3) is 3.48. The van der Waals surface area contributed by atoms with Crippen LogP contribution in [-0.4, -0.2) is 41.9 Å². The van der Waals surface area contributed by atoms with Gasteiger partial charge in [0.2, 0.25) is 0 Å². The van der Waals surface area contributed by atoms with Gasteiger partial charge in [-0.1, -0.05) is 12.8 Å². The molecule has 0 aromatic carbocycles. The molecule has 0 spiro atoms. The van der Waals surface area contributed by atoms with Crippen LogP contribution in [0.4, 0.5) is 5.82 Å². The molecule has 1 aliphatic heterocycles. The number of carbonyl (C=O) groups excluding carboxylic acids is 1. The van der Waals surface area contributed by atoms with E-state index in [4.69, 9.17) is 4.74 Å². The average Bonchev–Trinajstić information content (AvgIpc) is 2.72. The first-order valence-corrected chi connectivity index (χ1v) is 7.27. The minimum Gasteiger partial charge on any atom is -0.462 e. The SMILES string of the molecule is CCOC(=O)c1ccc(N2CCCCCC2CO)nc1. The summed E-state index contributed by atoms with van der Waals surface area (Å²) >= 11 is 0. The Balaban J connectivity index is 2.13. The topological polar surface area (TPSA) is 62.7 Å². The number of pyridine rings is 1. The highest BCUT2D eigenvalue weighted by molar-refractivity contribution is 5.89. The zero-order valence-electron chi connectivity index (χ0n) is 11.9. The summed E-state index contributed by atoms with van der Waals surface area (Å²) in [5.74, 6) is 0.472. The highest BCUT2D eigenvalue weighted by atomic mass is 16.5. The minimum absolute atomic E-state index is 0.124. The molecule has 0 aliphatic carbocycles. The monoisotopic (exact) mass is 278 g/mol. The summed E-state index contributed by atoms with van der Waals surface area (Å²) in [5.41, 5.74) is 0.464. The van der Waals surface area contributed by atoms with Crippen LogP contribution in [0.3, 0.4) is 0 Å². The van der Waals surface area contributed by atoms with Crippen LogP contribution in [0.25, 0.3) is 0 Å². The van der Waals surface area contributed by atoms with Crippen molar-refractivity contribution in [1.29, 1.82) is 0 Å². The van der Waals surface area contributed by atoms with Crippen molar-refractivity contribution < 1.29 is 14.6 Å². The molecule has 20 heavy (non-hydrogen) atoms. The fraction of sp³-hybridized carbons (Fsp3) is 0.600. The van der Waals surface area contributed by atoms with Crippen LogP contribution in [-0.2, 0) is 4.74 Å². The van der Waals surface area contributed by atoms with E-state index >= 15 is 0 Å². The predicted molar refractivity (Wildman–Crippen MR) is 76.9 cm³/mol. The highest BCUT2D eigenvalue weighted by Gasteiger charge is 2.21. The highest BCUT2D eigenvalue weighted by Crippen LogP contribution is 2.22. The number of esters is 1. The normalized spacial score (nSPS) is 19.5. The van der Waals surface area contributed by atoms with Crippen molar-refractivity contribution in [2.75, 3.05) is 24.7 Å². The number of anilines is 1. The largest absolute Gasteiger partial charge is 0.462 e. The lowest BCUT2D eigenvalue weighted by Gasteiger charge is -2.29. The van der Waals surface area contributed by atoms with Gasteiger partial charge in [0.1, 0.15) is 5.82 Å². The van der Waals surface area contributed by atoms with E-state index in [2.05, 4.69) is 9.88 Å². The van der Waals surface area contributed by atoms with Gasteiger partial charge < -0.3 is 14.7 Å². The van der Waals surface area contributed by atoms with Crippen LogP contribution in [0, 0.1) is 0 Å². The van der Waals surface area contributed by atoms with E-state index in [0.29, 0.717) is 12.2 Å². The molecule has 1 atom stereocenters. The van der Waals surface area contributed by atoms with Crippen LogP contribution in [0.2, 0.25) is 0 Å². The number of hydrogen-bond acceptors (Lipinski definition) is 5. The van der Waals surface area contributed by atoms with Gasteiger partial charge in [-0.3, -0.25) is 0 Å². The number of ether oxygens (including phenoxy) is 1. The van der Waals surface area contributed by atoms with Crippen LogP contribution < -0.4 is 4.90 Å². The Hall–Kier alpha value is -1.62. The smallest absolute Gasteiger partial charge is 0.339 e. The van der Waals surface area contributed by atoms with Crippen molar-refractivity contribution in [3.05, 3.63) is 23.9 Å². The molecule has 5 nitrogen and oxygen atoms in total. The van der Waals surface area contributed by atoms with Crippen molar-refractivity contribution in [3.8, 4) is 0 Å². The molecule has 1 aliphatic rings. The summed E-state index contributed by atoms with van der Waals surface area (Å²) < 4.78 is 4.94. The van der Waals surface area contributed by atoms with E-state index in [1.54, 1.807) is 19.2 Å². The summed E-state index contributed by atoms with van der Waals surface area (Å²) in [6, 6.07) is 3.69. The minimum atomic E-state index is -0.346. The van der Waals surface area contributed by atoms with E-state index in [0.717, 1.165) is 31.6 Å². The van der Waals surface area contributed by atoms with Crippen LogP contribution in [0.5, 0.6) is 0 Å². The molecule has 1 N–H and O–H groups in total. The van der Waals surface area contributed by atoms with E-state index in [9.17, 15) is 9.90 Å². The number of aromatic nitrogens is 1. The number of nitrogens with zero attached hydrogens (tertiary/aromatic N) is 2. The van der Waals surface area contributed by atoms with Gasteiger partial charge >= 0.3 is 5.97 Å². The molecule has 2 rings (SSSR count). The number of aliphatic hydroxyl groups is 1. The van der Waals surface area contributed by atoms with Crippen molar-refractivity contribution in [2.24, 2.45) is 0 Å². The molecule has 1 saturated heterocycles. The van der Waals surface area contributed by atoms with Crippen LogP contribution >= 0.6 is 0 Å². The van der Waals surface area contributed by atoms with Gasteiger partial charge in [0, 0.05) is 12.7 Å². The van der Waals surface area contributed by atoms with Gasteiger partial charge in [-0.15, -0.1) is 0 Å². The van der Waals surface area contributed by atoms with Gasteiger partial charge in [-0.2, -0.15) is 0 Å². The van der Waals surface area contributed by atoms with Crippen molar-refractivity contribution in [1.82, 2.24) is 4.98 Å². The summed E-state index contributed by atoms with van der Waals surface area (Å²) in [4.78, 5) is 18.1. The second kappa shape index (κ2) is 7.24. The van der Waals surface area contributed by atoms with E-state index in [1.807, 2.05) is 6.07 Å². The van der Waals surface area contributed by atoms with Gasteiger partial charge in [-0.25, -0.2) is 9.78 Å². The zero-order chi connectivity index (χ0) is 14.4. The Labute approximate surface area is 119 Å². The molecule has 5 heteroatoms. The molecule has 2 heterocycles. The molecule has 1 aromatic heterocycles. The van der Waals surface area contributed by atoms with Crippen LogP contribution in [0.1, 0.15) is 43.0 Å². The number of rotatable bonds is 4. The lowest BCUT2D eigenvalue weighted by atomic mass is 10.1. The van der Waals surface area contributed by atoms with E-state index in [-0.39, 0.29) is 18.6 Å². The first kappa shape index (κ1) is 14.8. The number of carbonyl (C=O) groups is 1. The molecule has 1 unspecified atom stereocenters. The maximum Gasteiger partial charge on any atom is 0.339 e. The van der Waals surface area contributed by atoms with E-state index in [1.165, 1.54) is 6.42 Å². The standard InChI is InChI=1S/C15H22N2O3/c1-2-20-15(19)12-7-8-14(16-10-12)17-9-5-3-4-6-13(17)11-18/h7-8,10,13,18H,2-6,9,11H2,1H3. The molecule has 1 aromatic rings. The maximum atomic E-state index is 11.6. The number of aliphatic hydroxyl groups excluding tert-OH is 1. The van der Waals surface area contributed by atoms with Gasteiger partial charge in [0.25, 0.3) is 0 Å². The van der Waals surface area contributed by atoms with Gasteiger partial charge in [0.05, 0.1) is 24.8 Å². The number of hydrogen-bond donors (Lipinski definition) is 1. The molecule has 0 saturated carbocycles. The molecule has 0 amide bonds. The fourth-order valence-electron chi connectivity index (χ4n) is 2.56. The Kier molecular flexibility index (Phi) is 5.35. The summed E-state index contributed by atoms with van der Waals surface area (Å²) in [6.45, 7) is 3.18. The predicted octanol–water partition coefficient (Wildman–Crippen LogP) is 2.00. The quantitative estimate of drug-likeness (QED) is 0.853. The zero-order valence-corrected chi connectivity index (χ0v) is 11.9. The third-order valence-corrected chi connectivity index (χ3v) is 3.64. The molecular weight excluding hydrogens is 256 g/mol. The Morgan fingerprint density at radius 1 is 1.45 bits per heavy atom. The molecule has 1 fully saturated rings. The lowest BCUT2D eigenvalue weighted by Crippen LogP contribution is -2.38. The van der Waals surface area contributed by atoms with Crippen molar-refractivity contribution >= 4 is 11.8 Å². The first-order valence-electron chi connectivity index (χ1n) is 7.27. The molecule has 0 radical (unpaired) electrons. The van der Waals surface area contributed by atoms with Gasteiger partial charge in [0.15, 0.2) is 0 Å².